The Balaban J connectivity index is 1.88. The van der Waals surface area contributed by atoms with Crippen LogP contribution in [0, 0.1) is 13.8 Å². The van der Waals surface area contributed by atoms with Gasteiger partial charge in [0.25, 0.3) is 5.91 Å². The van der Waals surface area contributed by atoms with Crippen LogP contribution in [-0.2, 0) is 17.1 Å². The highest BCUT2D eigenvalue weighted by molar-refractivity contribution is 7.89. The van der Waals surface area contributed by atoms with Crippen LogP contribution in [0.15, 0.2) is 17.0 Å². The van der Waals surface area contributed by atoms with Crippen molar-refractivity contribution in [3.8, 4) is 0 Å². The molecule has 0 atom stereocenters. The maximum Gasteiger partial charge on any atom is 0.258 e. The Bertz CT molecular complexity index is 977. The number of carbonyl (C=O) groups excluding carboxylic acids is 1. The maximum absolute atomic E-state index is 12.8. The normalized spacial score (nSPS) is 15.7. The maximum atomic E-state index is 12.8. The number of benzene rings is 1. The second-order valence-electron chi connectivity index (χ2n) is 6.85. The van der Waals surface area contributed by atoms with E-state index in [2.05, 4.69) is 20.7 Å². The summed E-state index contributed by atoms with van der Waals surface area (Å²) in [5.41, 5.74) is 1.59. The monoisotopic (exact) mass is 392 g/mol. The van der Waals surface area contributed by atoms with E-state index in [1.165, 1.54) is 16.8 Å². The molecule has 0 aliphatic carbocycles. The van der Waals surface area contributed by atoms with Crippen LogP contribution in [0.25, 0.3) is 0 Å². The molecule has 0 unspecified atom stereocenters. The third-order valence-electron chi connectivity index (χ3n) is 4.92. The van der Waals surface area contributed by atoms with E-state index in [0.717, 1.165) is 25.9 Å². The third kappa shape index (κ3) is 4.18. The number of amides is 1. The number of hydrogen-bond acceptors (Lipinski definition) is 6. The second-order valence-corrected chi connectivity index (χ2v) is 8.41. The lowest BCUT2D eigenvalue weighted by atomic mass is 9.98. The molecule has 1 aliphatic heterocycles. The third-order valence-corrected chi connectivity index (χ3v) is 5.82. The van der Waals surface area contributed by atoms with E-state index in [1.54, 1.807) is 20.9 Å². The van der Waals surface area contributed by atoms with E-state index < -0.39 is 15.9 Å². The van der Waals surface area contributed by atoms with Crippen LogP contribution < -0.4 is 15.8 Å². The van der Waals surface area contributed by atoms with Gasteiger partial charge in [0.2, 0.25) is 16.0 Å². The van der Waals surface area contributed by atoms with Gasteiger partial charge in [0.05, 0.1) is 4.90 Å². The molecule has 0 bridgehead atoms. The molecule has 2 heterocycles. The number of nitrogens with one attached hydrogen (secondary N) is 2. The molecule has 0 spiro atoms. The summed E-state index contributed by atoms with van der Waals surface area (Å²) in [6, 6.07) is 2.75. The van der Waals surface area contributed by atoms with Gasteiger partial charge >= 0.3 is 0 Å². The van der Waals surface area contributed by atoms with Gasteiger partial charge in [-0.05, 0) is 63.0 Å². The minimum atomic E-state index is -3.91. The molecule has 146 valence electrons. The molecule has 4 N–H and O–H groups in total. The zero-order valence-electron chi connectivity index (χ0n) is 15.6. The summed E-state index contributed by atoms with van der Waals surface area (Å²) in [6.45, 7) is 5.33. The van der Waals surface area contributed by atoms with Crippen molar-refractivity contribution in [1.29, 1.82) is 0 Å². The van der Waals surface area contributed by atoms with E-state index in [1.807, 2.05) is 0 Å². The molecular weight excluding hydrogens is 368 g/mol. The first-order valence-electron chi connectivity index (χ1n) is 8.74. The Labute approximate surface area is 158 Å². The summed E-state index contributed by atoms with van der Waals surface area (Å²) >= 11 is 0. The molecule has 27 heavy (non-hydrogen) atoms. The van der Waals surface area contributed by atoms with Crippen molar-refractivity contribution < 1.29 is 13.2 Å². The van der Waals surface area contributed by atoms with E-state index in [0.29, 0.717) is 22.9 Å². The molecule has 9 nitrogen and oxygen atoms in total. The number of nitrogens with two attached hydrogens (primary N) is 1. The highest BCUT2D eigenvalue weighted by atomic mass is 32.2. The van der Waals surface area contributed by atoms with Crippen LogP contribution in [0.1, 0.15) is 46.1 Å². The molecule has 1 aromatic carbocycles. The van der Waals surface area contributed by atoms with Crippen molar-refractivity contribution in [3.05, 3.63) is 34.6 Å². The first kappa shape index (κ1) is 19.5. The summed E-state index contributed by atoms with van der Waals surface area (Å²) in [5, 5.41) is 15.7. The molecule has 1 amide bonds. The molecule has 10 heteroatoms. The van der Waals surface area contributed by atoms with E-state index in [-0.39, 0.29) is 16.4 Å². The van der Waals surface area contributed by atoms with Crippen LogP contribution in [0.5, 0.6) is 0 Å². The van der Waals surface area contributed by atoms with Crippen LogP contribution in [-0.4, -0.2) is 42.2 Å². The molecule has 1 aromatic heterocycles. The SMILES string of the molecule is Cc1cc(S(N)(=O)=O)cc(C(=O)Nc2nc(C3CCNCC3)nn2C)c1C. The number of hydrogen-bond donors (Lipinski definition) is 3. The van der Waals surface area contributed by atoms with E-state index >= 15 is 0 Å². The van der Waals surface area contributed by atoms with E-state index in [9.17, 15) is 13.2 Å². The van der Waals surface area contributed by atoms with Gasteiger partial charge in [0.1, 0.15) is 0 Å². The smallest absolute Gasteiger partial charge is 0.258 e. The van der Waals surface area contributed by atoms with Crippen LogP contribution >= 0.6 is 0 Å². The molecule has 0 saturated carbocycles. The standard InChI is InChI=1S/C17H24N6O3S/c1-10-8-13(27(18,25)26)9-14(11(10)2)16(24)21-17-20-15(22-23(17)3)12-4-6-19-7-5-12/h8-9,12,19H,4-7H2,1-3H3,(H2,18,25,26)(H,20,21,22,24). The summed E-state index contributed by atoms with van der Waals surface area (Å²) in [6.07, 6.45) is 1.90. The van der Waals surface area contributed by atoms with Crippen LogP contribution in [0.2, 0.25) is 0 Å². The van der Waals surface area contributed by atoms with Gasteiger partial charge in [0.15, 0.2) is 5.82 Å². The lowest BCUT2D eigenvalue weighted by molar-refractivity contribution is 0.102. The first-order chi connectivity index (χ1) is 12.7. The minimum Gasteiger partial charge on any atom is -0.317 e. The lowest BCUT2D eigenvalue weighted by Gasteiger charge is -2.19. The average Bonchev–Trinajstić information content (AvgIpc) is 2.97. The number of aromatic nitrogens is 3. The predicted molar refractivity (Wildman–Crippen MR) is 101 cm³/mol. The average molecular weight is 392 g/mol. The lowest BCUT2D eigenvalue weighted by Crippen LogP contribution is -2.27. The largest absolute Gasteiger partial charge is 0.317 e. The van der Waals surface area contributed by atoms with Crippen molar-refractivity contribution in [1.82, 2.24) is 20.1 Å². The number of anilines is 1. The number of carbonyl (C=O) groups is 1. The van der Waals surface area contributed by atoms with Crippen molar-refractivity contribution in [2.45, 2.75) is 37.5 Å². The summed E-state index contributed by atoms with van der Waals surface area (Å²) in [7, 11) is -2.19. The number of sulfonamides is 1. The summed E-state index contributed by atoms with van der Waals surface area (Å²) < 4.78 is 24.9. The van der Waals surface area contributed by atoms with Crippen LogP contribution in [0.4, 0.5) is 5.95 Å². The molecule has 1 aliphatic rings. The van der Waals surface area contributed by atoms with Crippen molar-refractivity contribution in [2.75, 3.05) is 18.4 Å². The summed E-state index contributed by atoms with van der Waals surface area (Å²) in [5.74, 6) is 0.846. The molecular formula is C17H24N6O3S. The minimum absolute atomic E-state index is 0.0934. The molecule has 1 saturated heterocycles. The Kier molecular flexibility index (Phi) is 5.31. The quantitative estimate of drug-likeness (QED) is 0.705. The van der Waals surface area contributed by atoms with Gasteiger partial charge in [-0.2, -0.15) is 10.1 Å². The highest BCUT2D eigenvalue weighted by Gasteiger charge is 2.23. The van der Waals surface area contributed by atoms with Crippen molar-refractivity contribution in [2.24, 2.45) is 12.2 Å². The number of rotatable bonds is 4. The molecule has 0 radical (unpaired) electrons. The van der Waals surface area contributed by atoms with Gasteiger partial charge in [-0.1, -0.05) is 0 Å². The number of aryl methyl sites for hydroxylation is 2. The van der Waals surface area contributed by atoms with Crippen LogP contribution in [0.3, 0.4) is 0 Å². The number of piperidine rings is 1. The van der Waals surface area contributed by atoms with Gasteiger partial charge in [-0.15, -0.1) is 0 Å². The van der Waals surface area contributed by atoms with E-state index in [4.69, 9.17) is 5.14 Å². The Hall–Kier alpha value is -2.30. The fourth-order valence-electron chi connectivity index (χ4n) is 3.16. The predicted octanol–water partition coefficient (Wildman–Crippen LogP) is 0.799. The van der Waals surface area contributed by atoms with Crippen molar-refractivity contribution >= 4 is 21.9 Å². The van der Waals surface area contributed by atoms with Crippen molar-refractivity contribution in [3.63, 3.8) is 0 Å². The fraction of sp³-hybridized carbons (Fsp3) is 0.471. The van der Waals surface area contributed by atoms with Gasteiger partial charge in [-0.25, -0.2) is 18.2 Å². The van der Waals surface area contributed by atoms with Gasteiger partial charge in [0, 0.05) is 18.5 Å². The topological polar surface area (TPSA) is 132 Å². The molecule has 1 fully saturated rings. The summed E-state index contributed by atoms with van der Waals surface area (Å²) in [4.78, 5) is 17.1. The zero-order valence-corrected chi connectivity index (χ0v) is 16.4. The number of primary sulfonamides is 1. The zero-order chi connectivity index (χ0) is 19.8. The van der Waals surface area contributed by atoms with Gasteiger partial charge in [-0.3, -0.25) is 10.1 Å². The van der Waals surface area contributed by atoms with Gasteiger partial charge < -0.3 is 5.32 Å². The molecule has 2 aromatic rings. The fourth-order valence-corrected chi connectivity index (χ4v) is 3.78. The molecule has 3 rings (SSSR count). The Morgan fingerprint density at radius 2 is 1.96 bits per heavy atom. The highest BCUT2D eigenvalue weighted by Crippen LogP contribution is 2.24. The Morgan fingerprint density at radius 1 is 1.30 bits per heavy atom. The number of nitrogens with zero attached hydrogens (tertiary/aromatic N) is 3. The first-order valence-corrected chi connectivity index (χ1v) is 10.3. The Morgan fingerprint density at radius 3 is 2.59 bits per heavy atom. The second kappa shape index (κ2) is 7.37.